The van der Waals surface area contributed by atoms with Gasteiger partial charge < -0.3 is 10.6 Å². The average molecular weight is 297 g/mol. The first-order chi connectivity index (χ1) is 9.59. The Balaban J connectivity index is 1.85. The summed E-state index contributed by atoms with van der Waals surface area (Å²) in [5.74, 6) is 0.803. The van der Waals surface area contributed by atoms with Crippen LogP contribution in [0.4, 0.5) is 11.4 Å². The topological polar surface area (TPSA) is 70.2 Å². The fraction of sp³-hybridized carbons (Fsp3) is 0.571. The predicted octanol–water partition coefficient (Wildman–Crippen LogP) is 1.86. The summed E-state index contributed by atoms with van der Waals surface area (Å²) >= 11 is 0. The van der Waals surface area contributed by atoms with Crippen LogP contribution in [0.3, 0.4) is 0 Å². The molecule has 0 unspecified atom stereocenters. The summed E-state index contributed by atoms with van der Waals surface area (Å²) in [6.07, 6.45) is 2.42. The highest BCUT2D eigenvalue weighted by Crippen LogP contribution is 2.17. The van der Waals surface area contributed by atoms with E-state index in [0.717, 1.165) is 31.2 Å². The van der Waals surface area contributed by atoms with Gasteiger partial charge >= 0.3 is 0 Å². The fourth-order valence-electron chi connectivity index (χ4n) is 2.26. The molecule has 0 spiro atoms. The van der Waals surface area contributed by atoms with E-state index in [1.54, 1.807) is 19.1 Å². The molecule has 20 heavy (non-hydrogen) atoms. The largest absolute Gasteiger partial charge is 0.385 e. The number of benzene rings is 1. The van der Waals surface area contributed by atoms with Gasteiger partial charge in [-0.25, -0.2) is 8.42 Å². The van der Waals surface area contributed by atoms with E-state index in [9.17, 15) is 8.42 Å². The van der Waals surface area contributed by atoms with Crippen LogP contribution in [-0.4, -0.2) is 33.8 Å². The molecule has 1 aromatic carbocycles. The van der Waals surface area contributed by atoms with Gasteiger partial charge in [0.1, 0.15) is 0 Å². The third kappa shape index (κ3) is 4.68. The van der Waals surface area contributed by atoms with Gasteiger partial charge in [-0.15, -0.1) is 0 Å². The molecule has 3 N–H and O–H groups in total. The molecule has 2 rings (SSSR count). The Morgan fingerprint density at radius 3 is 2.35 bits per heavy atom. The van der Waals surface area contributed by atoms with E-state index in [1.807, 2.05) is 12.1 Å². The molecule has 0 amide bonds. The fourth-order valence-corrected chi connectivity index (χ4v) is 2.90. The van der Waals surface area contributed by atoms with Crippen LogP contribution in [0.25, 0.3) is 0 Å². The van der Waals surface area contributed by atoms with E-state index in [0.29, 0.717) is 5.69 Å². The smallest absolute Gasteiger partial charge is 0.232 e. The predicted molar refractivity (Wildman–Crippen MR) is 83.6 cm³/mol. The van der Waals surface area contributed by atoms with E-state index in [2.05, 4.69) is 15.4 Å². The minimum absolute atomic E-state index is 0.0860. The third-order valence-electron chi connectivity index (χ3n) is 3.59. The number of nitrogens with one attached hydrogen (secondary N) is 3. The van der Waals surface area contributed by atoms with Crippen LogP contribution >= 0.6 is 0 Å². The quantitative estimate of drug-likeness (QED) is 0.749. The molecule has 1 aliphatic rings. The molecular weight excluding hydrogens is 274 g/mol. The Morgan fingerprint density at radius 2 is 1.75 bits per heavy atom. The standard InChI is InChI=1S/C14H23N3O2S/c1-2-20(18,19)17-14-5-3-13(4-6-14)16-11-12-7-9-15-10-8-12/h3-6,12,15-17H,2,7-11H2,1H3. The van der Waals surface area contributed by atoms with Gasteiger partial charge in [0.05, 0.1) is 5.75 Å². The van der Waals surface area contributed by atoms with Crippen LogP contribution in [-0.2, 0) is 10.0 Å². The molecule has 0 aromatic heterocycles. The summed E-state index contributed by atoms with van der Waals surface area (Å²) in [6.45, 7) is 4.80. The molecule has 5 nitrogen and oxygen atoms in total. The van der Waals surface area contributed by atoms with Crippen molar-refractivity contribution in [1.29, 1.82) is 0 Å². The van der Waals surface area contributed by atoms with Gasteiger partial charge in [0, 0.05) is 17.9 Å². The first-order valence-corrected chi connectivity index (χ1v) is 8.79. The van der Waals surface area contributed by atoms with Crippen molar-refractivity contribution in [3.8, 4) is 0 Å². The SMILES string of the molecule is CCS(=O)(=O)Nc1ccc(NCC2CCNCC2)cc1. The molecule has 0 radical (unpaired) electrons. The maximum Gasteiger partial charge on any atom is 0.232 e. The Morgan fingerprint density at radius 1 is 1.15 bits per heavy atom. The summed E-state index contributed by atoms with van der Waals surface area (Å²) in [6, 6.07) is 7.40. The highest BCUT2D eigenvalue weighted by Gasteiger charge is 2.12. The first kappa shape index (κ1) is 15.1. The van der Waals surface area contributed by atoms with Crippen molar-refractivity contribution in [2.45, 2.75) is 19.8 Å². The molecule has 1 fully saturated rings. The van der Waals surface area contributed by atoms with Crippen molar-refractivity contribution in [3.63, 3.8) is 0 Å². The van der Waals surface area contributed by atoms with Crippen LogP contribution in [0, 0.1) is 5.92 Å². The number of hydrogen-bond acceptors (Lipinski definition) is 4. The monoisotopic (exact) mass is 297 g/mol. The van der Waals surface area contributed by atoms with E-state index < -0.39 is 10.0 Å². The van der Waals surface area contributed by atoms with Gasteiger partial charge in [0.2, 0.25) is 10.0 Å². The normalized spacial score (nSPS) is 16.9. The lowest BCUT2D eigenvalue weighted by Gasteiger charge is -2.23. The minimum Gasteiger partial charge on any atom is -0.385 e. The molecule has 0 aliphatic carbocycles. The molecule has 0 bridgehead atoms. The molecule has 112 valence electrons. The molecule has 1 heterocycles. The number of anilines is 2. The van der Waals surface area contributed by atoms with Crippen molar-refractivity contribution in [2.75, 3.05) is 35.4 Å². The zero-order valence-corrected chi connectivity index (χ0v) is 12.7. The van der Waals surface area contributed by atoms with Crippen LogP contribution in [0.1, 0.15) is 19.8 Å². The summed E-state index contributed by atoms with van der Waals surface area (Å²) in [5.41, 5.74) is 1.64. The van der Waals surface area contributed by atoms with Gasteiger partial charge in [0.15, 0.2) is 0 Å². The van der Waals surface area contributed by atoms with Crippen LogP contribution in [0.5, 0.6) is 0 Å². The Labute approximate surface area is 121 Å². The molecule has 0 saturated carbocycles. The zero-order valence-electron chi connectivity index (χ0n) is 11.9. The number of piperidine rings is 1. The van der Waals surface area contributed by atoms with E-state index in [-0.39, 0.29) is 5.75 Å². The van der Waals surface area contributed by atoms with Gasteiger partial charge in [0.25, 0.3) is 0 Å². The van der Waals surface area contributed by atoms with Gasteiger partial charge in [-0.05, 0) is 63.0 Å². The lowest BCUT2D eigenvalue weighted by molar-refractivity contribution is 0.390. The average Bonchev–Trinajstić information content (AvgIpc) is 2.47. The highest BCUT2D eigenvalue weighted by atomic mass is 32.2. The molecule has 6 heteroatoms. The summed E-state index contributed by atoms with van der Waals surface area (Å²) in [7, 11) is -3.19. The zero-order chi connectivity index (χ0) is 14.4. The van der Waals surface area contributed by atoms with Crippen molar-refractivity contribution in [1.82, 2.24) is 5.32 Å². The number of rotatable bonds is 6. The Hall–Kier alpha value is -1.27. The molecule has 1 saturated heterocycles. The summed E-state index contributed by atoms with van der Waals surface area (Å²) in [5, 5.41) is 6.77. The first-order valence-electron chi connectivity index (χ1n) is 7.14. The molecule has 1 aliphatic heterocycles. The Bertz CT molecular complexity index is 508. The highest BCUT2D eigenvalue weighted by molar-refractivity contribution is 7.92. The van der Waals surface area contributed by atoms with E-state index in [4.69, 9.17) is 0 Å². The molecule has 1 aromatic rings. The van der Waals surface area contributed by atoms with Gasteiger partial charge in [-0.1, -0.05) is 0 Å². The van der Waals surface area contributed by atoms with Crippen molar-refractivity contribution in [2.24, 2.45) is 5.92 Å². The van der Waals surface area contributed by atoms with E-state index in [1.165, 1.54) is 12.8 Å². The summed E-state index contributed by atoms with van der Waals surface area (Å²) < 4.78 is 25.4. The van der Waals surface area contributed by atoms with Crippen molar-refractivity contribution in [3.05, 3.63) is 24.3 Å². The van der Waals surface area contributed by atoms with Crippen molar-refractivity contribution >= 4 is 21.4 Å². The van der Waals surface area contributed by atoms with E-state index >= 15 is 0 Å². The number of sulfonamides is 1. The lowest BCUT2D eigenvalue weighted by atomic mass is 9.98. The van der Waals surface area contributed by atoms with Crippen LogP contribution < -0.4 is 15.4 Å². The summed E-state index contributed by atoms with van der Waals surface area (Å²) in [4.78, 5) is 0. The van der Waals surface area contributed by atoms with Crippen LogP contribution in [0.15, 0.2) is 24.3 Å². The second kappa shape index (κ2) is 6.95. The third-order valence-corrected chi connectivity index (χ3v) is 4.90. The second-order valence-electron chi connectivity index (χ2n) is 5.16. The molecule has 0 atom stereocenters. The van der Waals surface area contributed by atoms with Gasteiger partial charge in [-0.3, -0.25) is 4.72 Å². The van der Waals surface area contributed by atoms with Gasteiger partial charge in [-0.2, -0.15) is 0 Å². The maximum absolute atomic E-state index is 11.5. The maximum atomic E-state index is 11.5. The number of hydrogen-bond donors (Lipinski definition) is 3. The van der Waals surface area contributed by atoms with Crippen molar-refractivity contribution < 1.29 is 8.42 Å². The minimum atomic E-state index is -3.19. The van der Waals surface area contributed by atoms with Crippen LogP contribution in [0.2, 0.25) is 0 Å². The molecular formula is C14H23N3O2S. The second-order valence-corrected chi connectivity index (χ2v) is 7.17. The lowest BCUT2D eigenvalue weighted by Crippen LogP contribution is -2.31. The Kier molecular flexibility index (Phi) is 5.25.